The first kappa shape index (κ1) is 14.9. The van der Waals surface area contributed by atoms with Gasteiger partial charge in [-0.15, -0.1) is 0 Å². The highest BCUT2D eigenvalue weighted by Crippen LogP contribution is 2.01. The van der Waals surface area contributed by atoms with Crippen molar-refractivity contribution in [1.82, 2.24) is 4.90 Å². The van der Waals surface area contributed by atoms with E-state index in [1.54, 1.807) is 4.90 Å². The van der Waals surface area contributed by atoms with Crippen molar-refractivity contribution in [1.29, 1.82) is 0 Å². The summed E-state index contributed by atoms with van der Waals surface area (Å²) >= 11 is 0. The number of nitrogens with zero attached hydrogens (tertiary/aromatic N) is 1. The Balaban J connectivity index is 4.48. The van der Waals surface area contributed by atoms with Gasteiger partial charge < -0.3 is 4.90 Å². The predicted octanol–water partition coefficient (Wildman–Crippen LogP) is 1.76. The van der Waals surface area contributed by atoms with Crippen molar-refractivity contribution in [2.45, 2.75) is 79.6 Å². The van der Waals surface area contributed by atoms with E-state index < -0.39 is 0 Å². The van der Waals surface area contributed by atoms with Crippen molar-refractivity contribution in [2.75, 3.05) is 6.67 Å². The highest BCUT2D eigenvalue weighted by atomic mass is 15.3. The standard InChI is InChI=1S/C13H30N2/c1-10(2)14(11(3)4)9-15(12(5)6)13(7)8/h10-13H,9H2,1-8H3/p+1. The molecule has 15 heavy (non-hydrogen) atoms. The van der Waals surface area contributed by atoms with Gasteiger partial charge in [-0.1, -0.05) is 0 Å². The zero-order chi connectivity index (χ0) is 12.2. The smallest absolute Gasteiger partial charge is 0.134 e. The summed E-state index contributed by atoms with van der Waals surface area (Å²) in [6.45, 7) is 19.6. The maximum absolute atomic E-state index is 2.58. The molecule has 0 saturated carbocycles. The van der Waals surface area contributed by atoms with Crippen LogP contribution >= 0.6 is 0 Å². The molecule has 0 aromatic carbocycles. The maximum atomic E-state index is 2.58. The van der Waals surface area contributed by atoms with Crippen LogP contribution in [-0.2, 0) is 0 Å². The number of nitrogens with one attached hydrogen (secondary N) is 1. The fourth-order valence-corrected chi connectivity index (χ4v) is 2.20. The molecule has 0 bridgehead atoms. The monoisotopic (exact) mass is 215 g/mol. The highest BCUT2D eigenvalue weighted by Gasteiger charge is 2.23. The molecule has 0 amide bonds. The second-order valence-electron chi connectivity index (χ2n) is 5.74. The molecule has 0 atom stereocenters. The number of hydrogen-bond donors (Lipinski definition) is 1. The predicted molar refractivity (Wildman–Crippen MR) is 68.2 cm³/mol. The van der Waals surface area contributed by atoms with Crippen LogP contribution in [-0.4, -0.2) is 35.7 Å². The molecule has 0 aliphatic heterocycles. The molecule has 0 heterocycles. The summed E-state index contributed by atoms with van der Waals surface area (Å²) in [7, 11) is 0. The minimum absolute atomic E-state index is 0.637. The number of quaternary nitrogens is 1. The fourth-order valence-electron chi connectivity index (χ4n) is 2.20. The Morgan fingerprint density at radius 2 is 1.07 bits per heavy atom. The van der Waals surface area contributed by atoms with Gasteiger partial charge in [0, 0.05) is 12.1 Å². The molecule has 0 unspecified atom stereocenters. The first-order valence-corrected chi connectivity index (χ1v) is 6.38. The van der Waals surface area contributed by atoms with Crippen LogP contribution in [0.4, 0.5) is 0 Å². The van der Waals surface area contributed by atoms with E-state index in [-0.39, 0.29) is 0 Å². The molecule has 0 spiro atoms. The van der Waals surface area contributed by atoms with Gasteiger partial charge >= 0.3 is 0 Å². The Kier molecular flexibility index (Phi) is 6.46. The van der Waals surface area contributed by atoms with E-state index >= 15 is 0 Å². The molecule has 0 aromatic rings. The molecule has 92 valence electrons. The molecule has 1 N–H and O–H groups in total. The summed E-state index contributed by atoms with van der Waals surface area (Å²) in [5, 5.41) is 0. The topological polar surface area (TPSA) is 7.68 Å². The maximum Gasteiger partial charge on any atom is 0.134 e. The lowest BCUT2D eigenvalue weighted by molar-refractivity contribution is -0.952. The Hall–Kier alpha value is -0.0800. The van der Waals surface area contributed by atoms with Crippen LogP contribution in [0.25, 0.3) is 0 Å². The van der Waals surface area contributed by atoms with Gasteiger partial charge in [-0.2, -0.15) is 0 Å². The number of rotatable bonds is 6. The van der Waals surface area contributed by atoms with Gasteiger partial charge in [-0.25, -0.2) is 0 Å². The average Bonchev–Trinajstić information content (AvgIpc) is 2.01. The third kappa shape index (κ3) is 4.98. The van der Waals surface area contributed by atoms with Crippen LogP contribution in [0.2, 0.25) is 0 Å². The second kappa shape index (κ2) is 6.49. The lowest BCUT2D eigenvalue weighted by atomic mass is 10.2. The van der Waals surface area contributed by atoms with Crippen molar-refractivity contribution >= 4 is 0 Å². The third-order valence-electron chi connectivity index (χ3n) is 3.17. The minimum Gasteiger partial charge on any atom is -0.318 e. The summed E-state index contributed by atoms with van der Waals surface area (Å²) in [6, 6.07) is 2.67. The largest absolute Gasteiger partial charge is 0.318 e. The third-order valence-corrected chi connectivity index (χ3v) is 3.17. The molecule has 0 fully saturated rings. The van der Waals surface area contributed by atoms with Crippen LogP contribution in [0.15, 0.2) is 0 Å². The SMILES string of the molecule is CC(C)N(C[NH+](C(C)C)C(C)C)C(C)C. The minimum atomic E-state index is 0.637. The average molecular weight is 215 g/mol. The summed E-state index contributed by atoms with van der Waals surface area (Å²) < 4.78 is 0. The van der Waals surface area contributed by atoms with E-state index in [9.17, 15) is 0 Å². The van der Waals surface area contributed by atoms with Gasteiger partial charge in [0.05, 0.1) is 12.1 Å². The lowest BCUT2D eigenvalue weighted by Gasteiger charge is -2.37. The van der Waals surface area contributed by atoms with Crippen LogP contribution < -0.4 is 4.90 Å². The van der Waals surface area contributed by atoms with E-state index in [1.165, 1.54) is 0 Å². The molecule has 0 aliphatic carbocycles. The summed E-state index contributed by atoms with van der Waals surface area (Å²) in [5.74, 6) is 0. The molecule has 0 aromatic heterocycles. The Labute approximate surface area is 96.6 Å². The van der Waals surface area contributed by atoms with E-state index in [1.807, 2.05) is 0 Å². The highest BCUT2D eigenvalue weighted by molar-refractivity contribution is 4.63. The van der Waals surface area contributed by atoms with Crippen LogP contribution in [0, 0.1) is 0 Å². The Bertz CT molecular complexity index is 128. The van der Waals surface area contributed by atoms with Gasteiger partial charge in [0.25, 0.3) is 0 Å². The van der Waals surface area contributed by atoms with Crippen molar-refractivity contribution in [3.8, 4) is 0 Å². The van der Waals surface area contributed by atoms with E-state index in [2.05, 4.69) is 60.3 Å². The molecular formula is C13H31N2+. The van der Waals surface area contributed by atoms with Crippen LogP contribution in [0.1, 0.15) is 55.4 Å². The van der Waals surface area contributed by atoms with Crippen molar-refractivity contribution < 1.29 is 4.90 Å². The van der Waals surface area contributed by atoms with Gasteiger partial charge in [-0.05, 0) is 55.4 Å². The van der Waals surface area contributed by atoms with Crippen molar-refractivity contribution in [3.05, 3.63) is 0 Å². The van der Waals surface area contributed by atoms with Gasteiger partial charge in [-0.3, -0.25) is 4.90 Å². The van der Waals surface area contributed by atoms with E-state index in [4.69, 9.17) is 0 Å². The lowest BCUT2D eigenvalue weighted by Crippen LogP contribution is -3.19. The van der Waals surface area contributed by atoms with Crippen LogP contribution in [0.3, 0.4) is 0 Å². The van der Waals surface area contributed by atoms with Gasteiger partial charge in [0.2, 0.25) is 0 Å². The molecule has 0 rings (SSSR count). The van der Waals surface area contributed by atoms with Crippen molar-refractivity contribution in [3.63, 3.8) is 0 Å². The molecular weight excluding hydrogens is 184 g/mol. The van der Waals surface area contributed by atoms with Crippen molar-refractivity contribution in [2.24, 2.45) is 0 Å². The van der Waals surface area contributed by atoms with Gasteiger partial charge in [0.15, 0.2) is 0 Å². The molecule has 0 saturated heterocycles. The fraction of sp³-hybridized carbons (Fsp3) is 1.00. The van der Waals surface area contributed by atoms with E-state index in [0.29, 0.717) is 24.2 Å². The van der Waals surface area contributed by atoms with Crippen LogP contribution in [0.5, 0.6) is 0 Å². The first-order valence-electron chi connectivity index (χ1n) is 6.38. The Morgan fingerprint density at radius 3 is 1.27 bits per heavy atom. The summed E-state index contributed by atoms with van der Waals surface area (Å²) in [4.78, 5) is 4.26. The zero-order valence-corrected chi connectivity index (χ0v) is 12.0. The zero-order valence-electron chi connectivity index (χ0n) is 12.0. The second-order valence-corrected chi connectivity index (χ2v) is 5.74. The Morgan fingerprint density at radius 1 is 0.733 bits per heavy atom. The molecule has 2 nitrogen and oxygen atoms in total. The summed E-state index contributed by atoms with van der Waals surface area (Å²) in [6.07, 6.45) is 0. The first-order chi connectivity index (χ1) is 6.77. The molecule has 0 radical (unpaired) electrons. The normalized spacial score (nSPS) is 13.2. The van der Waals surface area contributed by atoms with E-state index in [0.717, 1.165) is 6.67 Å². The van der Waals surface area contributed by atoms with Gasteiger partial charge in [0.1, 0.15) is 6.67 Å². The molecule has 2 heteroatoms. The quantitative estimate of drug-likeness (QED) is 0.664. The summed E-state index contributed by atoms with van der Waals surface area (Å²) in [5.41, 5.74) is 0. The number of hydrogen-bond acceptors (Lipinski definition) is 1. The molecule has 0 aliphatic rings.